The summed E-state index contributed by atoms with van der Waals surface area (Å²) in [7, 11) is 0. The molecule has 2 amide bonds. The van der Waals surface area contributed by atoms with E-state index in [2.05, 4.69) is 30.5 Å². The Kier molecular flexibility index (Phi) is 7.92. The molecule has 0 fully saturated rings. The van der Waals surface area contributed by atoms with E-state index in [9.17, 15) is 9.59 Å². The van der Waals surface area contributed by atoms with Crippen LogP contribution in [0.3, 0.4) is 0 Å². The average molecular weight is 405 g/mol. The Morgan fingerprint density at radius 2 is 1.89 bits per heavy atom. The normalized spacial score (nSPS) is 13.1. The van der Waals surface area contributed by atoms with Crippen molar-refractivity contribution in [3.05, 3.63) is 56.8 Å². The third kappa shape index (κ3) is 6.11. The third-order valence-corrected chi connectivity index (χ3v) is 6.04. The zero-order chi connectivity index (χ0) is 20.0. The maximum absolute atomic E-state index is 12.9. The van der Waals surface area contributed by atoms with Crippen molar-refractivity contribution in [2.75, 3.05) is 12.0 Å². The highest BCUT2D eigenvalue weighted by Gasteiger charge is 2.23. The molecule has 1 aromatic heterocycles. The summed E-state index contributed by atoms with van der Waals surface area (Å²) in [6.45, 7) is 8.07. The van der Waals surface area contributed by atoms with Crippen LogP contribution in [0.5, 0.6) is 0 Å². The minimum atomic E-state index is -0.548. The number of carbonyl (C=O) groups is 2. The number of hydrogen-bond donors (Lipinski definition) is 2. The average Bonchev–Trinajstić information content (AvgIpc) is 2.96. The molecule has 2 rings (SSSR count). The van der Waals surface area contributed by atoms with E-state index in [1.165, 1.54) is 9.75 Å². The second-order valence-corrected chi connectivity index (χ2v) is 9.22. The second-order valence-electron chi connectivity index (χ2n) is 6.78. The predicted octanol–water partition coefficient (Wildman–Crippen LogP) is 4.40. The zero-order valence-corrected chi connectivity index (χ0v) is 18.2. The van der Waals surface area contributed by atoms with Crippen LogP contribution in [0.15, 0.2) is 30.3 Å². The van der Waals surface area contributed by atoms with Crippen molar-refractivity contribution in [2.45, 2.75) is 46.2 Å². The van der Waals surface area contributed by atoms with Gasteiger partial charge in [0.2, 0.25) is 5.91 Å². The van der Waals surface area contributed by atoms with E-state index >= 15 is 0 Å². The Balaban J connectivity index is 2.08. The van der Waals surface area contributed by atoms with Crippen LogP contribution in [-0.4, -0.2) is 29.9 Å². The van der Waals surface area contributed by atoms with Gasteiger partial charge in [-0.1, -0.05) is 17.7 Å². The molecule has 0 saturated heterocycles. The van der Waals surface area contributed by atoms with Crippen molar-refractivity contribution in [1.29, 1.82) is 0 Å². The maximum atomic E-state index is 12.9. The van der Waals surface area contributed by atoms with Crippen LogP contribution in [0, 0.1) is 20.8 Å². The molecule has 0 aliphatic carbocycles. The molecule has 0 saturated carbocycles. The van der Waals surface area contributed by atoms with Crippen molar-refractivity contribution in [1.82, 2.24) is 10.6 Å². The van der Waals surface area contributed by atoms with Gasteiger partial charge in [-0.25, -0.2) is 0 Å². The van der Waals surface area contributed by atoms with Crippen LogP contribution in [0.4, 0.5) is 0 Å². The summed E-state index contributed by atoms with van der Waals surface area (Å²) in [5.74, 6) is 0.452. The fraction of sp³-hybridized carbons (Fsp3) is 0.429. The first-order valence-corrected chi connectivity index (χ1v) is 11.3. The SMILES string of the molecule is CSCC[C@@H](NC(=O)c1cccc(C)c1)C(=O)N[C@@H](C)c1cc(C)sc1C. The summed E-state index contributed by atoms with van der Waals surface area (Å²) >= 11 is 3.40. The molecule has 27 heavy (non-hydrogen) atoms. The highest BCUT2D eigenvalue weighted by atomic mass is 32.2. The summed E-state index contributed by atoms with van der Waals surface area (Å²) in [6.07, 6.45) is 2.59. The molecule has 1 aromatic carbocycles. The van der Waals surface area contributed by atoms with Crippen LogP contribution in [-0.2, 0) is 4.79 Å². The van der Waals surface area contributed by atoms with E-state index in [1.807, 2.05) is 38.3 Å². The van der Waals surface area contributed by atoms with Gasteiger partial charge in [-0.3, -0.25) is 9.59 Å². The number of amides is 2. The lowest BCUT2D eigenvalue weighted by Gasteiger charge is -2.21. The number of thiophene rings is 1. The van der Waals surface area contributed by atoms with Gasteiger partial charge in [-0.05, 0) is 69.9 Å². The summed E-state index contributed by atoms with van der Waals surface area (Å²) in [6, 6.07) is 8.88. The van der Waals surface area contributed by atoms with E-state index in [1.54, 1.807) is 29.2 Å². The topological polar surface area (TPSA) is 58.2 Å². The Morgan fingerprint density at radius 3 is 2.48 bits per heavy atom. The number of rotatable bonds is 8. The Hall–Kier alpha value is -1.79. The van der Waals surface area contributed by atoms with Gasteiger partial charge in [-0.15, -0.1) is 11.3 Å². The molecule has 0 bridgehead atoms. The first kappa shape index (κ1) is 21.5. The third-order valence-electron chi connectivity index (χ3n) is 4.42. The van der Waals surface area contributed by atoms with Crippen LogP contribution >= 0.6 is 23.1 Å². The number of carbonyl (C=O) groups excluding carboxylic acids is 2. The molecule has 2 atom stereocenters. The summed E-state index contributed by atoms with van der Waals surface area (Å²) in [5, 5.41) is 5.98. The Bertz CT molecular complexity index is 801. The van der Waals surface area contributed by atoms with Gasteiger partial charge in [0, 0.05) is 15.3 Å². The number of hydrogen-bond acceptors (Lipinski definition) is 4. The second kappa shape index (κ2) is 9.95. The molecule has 0 spiro atoms. The van der Waals surface area contributed by atoms with E-state index in [4.69, 9.17) is 0 Å². The van der Waals surface area contributed by atoms with E-state index in [-0.39, 0.29) is 17.9 Å². The molecule has 0 unspecified atom stereocenters. The van der Waals surface area contributed by atoms with Crippen LogP contribution in [0.25, 0.3) is 0 Å². The molecule has 2 aromatic rings. The lowest BCUT2D eigenvalue weighted by molar-refractivity contribution is -0.123. The molecule has 2 N–H and O–H groups in total. The number of thioether (sulfide) groups is 1. The molecule has 4 nitrogen and oxygen atoms in total. The van der Waals surface area contributed by atoms with Gasteiger partial charge >= 0.3 is 0 Å². The molecule has 0 aliphatic heterocycles. The minimum absolute atomic E-state index is 0.0879. The highest BCUT2D eigenvalue weighted by molar-refractivity contribution is 7.98. The first-order valence-electron chi connectivity index (χ1n) is 9.05. The molecular weight excluding hydrogens is 376 g/mol. The molecule has 6 heteroatoms. The quantitative estimate of drug-likeness (QED) is 0.685. The molecule has 146 valence electrons. The van der Waals surface area contributed by atoms with Crippen molar-refractivity contribution in [3.63, 3.8) is 0 Å². The Labute approximate surface area is 170 Å². The van der Waals surface area contributed by atoms with Gasteiger partial charge < -0.3 is 10.6 Å². The smallest absolute Gasteiger partial charge is 0.251 e. The van der Waals surface area contributed by atoms with Gasteiger partial charge in [0.25, 0.3) is 5.91 Å². The molecule has 0 radical (unpaired) electrons. The monoisotopic (exact) mass is 404 g/mol. The van der Waals surface area contributed by atoms with Crippen LogP contribution in [0.1, 0.15) is 50.6 Å². The largest absolute Gasteiger partial charge is 0.348 e. The number of benzene rings is 1. The standard InChI is InChI=1S/C21H28N2O2S2/c1-13-7-6-8-17(11-13)20(24)23-19(9-10-26-5)21(25)22-15(3)18-12-14(2)27-16(18)4/h6-8,11-12,15,19H,9-10H2,1-5H3,(H,22,25)(H,23,24)/t15-,19+/m0/s1. The highest BCUT2D eigenvalue weighted by Crippen LogP contribution is 2.26. The summed E-state index contributed by atoms with van der Waals surface area (Å²) in [5.41, 5.74) is 2.73. The van der Waals surface area contributed by atoms with E-state index in [0.29, 0.717) is 12.0 Å². The maximum Gasteiger partial charge on any atom is 0.251 e. The van der Waals surface area contributed by atoms with Crippen molar-refractivity contribution < 1.29 is 9.59 Å². The number of nitrogens with one attached hydrogen (secondary N) is 2. The summed E-state index contributed by atoms with van der Waals surface area (Å²) < 4.78 is 0. The molecular formula is C21H28N2O2S2. The van der Waals surface area contributed by atoms with Gasteiger partial charge in [-0.2, -0.15) is 11.8 Å². The van der Waals surface area contributed by atoms with Crippen LogP contribution in [0.2, 0.25) is 0 Å². The molecule has 0 aliphatic rings. The van der Waals surface area contributed by atoms with Crippen LogP contribution < -0.4 is 10.6 Å². The lowest BCUT2D eigenvalue weighted by Crippen LogP contribution is -2.47. The predicted molar refractivity (Wildman–Crippen MR) is 116 cm³/mol. The Morgan fingerprint density at radius 1 is 1.15 bits per heavy atom. The van der Waals surface area contributed by atoms with Gasteiger partial charge in [0.1, 0.15) is 6.04 Å². The zero-order valence-electron chi connectivity index (χ0n) is 16.6. The fourth-order valence-electron chi connectivity index (χ4n) is 3.00. The number of aryl methyl sites for hydroxylation is 3. The van der Waals surface area contributed by atoms with Crippen molar-refractivity contribution in [2.24, 2.45) is 0 Å². The minimum Gasteiger partial charge on any atom is -0.348 e. The first-order chi connectivity index (χ1) is 12.8. The lowest BCUT2D eigenvalue weighted by atomic mass is 10.1. The van der Waals surface area contributed by atoms with E-state index < -0.39 is 6.04 Å². The van der Waals surface area contributed by atoms with Gasteiger partial charge in [0.05, 0.1) is 6.04 Å². The van der Waals surface area contributed by atoms with Crippen molar-refractivity contribution >= 4 is 34.9 Å². The van der Waals surface area contributed by atoms with Crippen molar-refractivity contribution in [3.8, 4) is 0 Å². The fourth-order valence-corrected chi connectivity index (χ4v) is 4.50. The summed E-state index contributed by atoms with van der Waals surface area (Å²) in [4.78, 5) is 27.9. The van der Waals surface area contributed by atoms with E-state index in [0.717, 1.165) is 16.9 Å². The molecule has 1 heterocycles. The van der Waals surface area contributed by atoms with Gasteiger partial charge in [0.15, 0.2) is 0 Å².